The summed E-state index contributed by atoms with van der Waals surface area (Å²) in [5, 5.41) is 5.10. The lowest BCUT2D eigenvalue weighted by Gasteiger charge is -2.08. The van der Waals surface area contributed by atoms with Crippen LogP contribution in [0.25, 0.3) is 0 Å². The molecule has 0 unspecified atom stereocenters. The maximum atomic E-state index is 11.3. The zero-order valence-electron chi connectivity index (χ0n) is 9.71. The normalized spacial score (nSPS) is 11.4. The Morgan fingerprint density at radius 3 is 2.28 bits per heavy atom. The number of rotatable bonds is 3. The van der Waals surface area contributed by atoms with E-state index in [4.69, 9.17) is 10.9 Å². The van der Waals surface area contributed by atoms with E-state index in [1.165, 1.54) is 12.1 Å². The smallest absolute Gasteiger partial charge is 0.238 e. The van der Waals surface area contributed by atoms with E-state index in [-0.39, 0.29) is 4.90 Å². The fourth-order valence-electron chi connectivity index (χ4n) is 1.73. The Bertz CT molecular complexity index is 652. The van der Waals surface area contributed by atoms with Crippen molar-refractivity contribution in [3.8, 4) is 0 Å². The first-order valence-electron chi connectivity index (χ1n) is 5.42. The highest BCUT2D eigenvalue weighted by Crippen LogP contribution is 2.20. The quantitative estimate of drug-likeness (QED) is 0.822. The first-order valence-corrected chi connectivity index (χ1v) is 6.96. The number of benzene rings is 2. The molecule has 0 aliphatic heterocycles. The predicted molar refractivity (Wildman–Crippen MR) is 71.5 cm³/mol. The molecule has 4 nitrogen and oxygen atoms in total. The molecule has 94 valence electrons. The average molecular weight is 262 g/mol. The molecule has 0 bridgehead atoms. The van der Waals surface area contributed by atoms with Crippen LogP contribution in [0.3, 0.4) is 0 Å². The molecule has 5 heteroatoms. The Hall–Kier alpha value is -1.85. The van der Waals surface area contributed by atoms with Crippen molar-refractivity contribution >= 4 is 15.7 Å². The molecule has 0 aliphatic carbocycles. The number of primary sulfonamides is 1. The van der Waals surface area contributed by atoms with Crippen molar-refractivity contribution in [3.63, 3.8) is 0 Å². The van der Waals surface area contributed by atoms with Gasteiger partial charge in [-0.1, -0.05) is 30.3 Å². The molecule has 2 aromatic rings. The van der Waals surface area contributed by atoms with Crippen LogP contribution in [0.4, 0.5) is 5.69 Å². The van der Waals surface area contributed by atoms with Crippen LogP contribution in [0.1, 0.15) is 11.1 Å². The van der Waals surface area contributed by atoms with Gasteiger partial charge in [-0.25, -0.2) is 13.6 Å². The monoisotopic (exact) mass is 262 g/mol. The predicted octanol–water partition coefficient (Wildman–Crippen LogP) is 1.51. The van der Waals surface area contributed by atoms with Crippen LogP contribution in [0.15, 0.2) is 53.4 Å². The molecule has 0 radical (unpaired) electrons. The minimum absolute atomic E-state index is 0.0858. The molecule has 0 fully saturated rings. The van der Waals surface area contributed by atoms with Crippen molar-refractivity contribution in [2.45, 2.75) is 11.3 Å². The third kappa shape index (κ3) is 2.88. The van der Waals surface area contributed by atoms with E-state index >= 15 is 0 Å². The molecular weight excluding hydrogens is 248 g/mol. The maximum Gasteiger partial charge on any atom is 0.238 e. The van der Waals surface area contributed by atoms with Crippen LogP contribution in [0, 0.1) is 0 Å². The van der Waals surface area contributed by atoms with Crippen molar-refractivity contribution in [3.05, 3.63) is 59.7 Å². The summed E-state index contributed by atoms with van der Waals surface area (Å²) in [7, 11) is -3.69. The number of anilines is 1. The molecule has 0 amide bonds. The molecule has 4 N–H and O–H groups in total. The molecule has 0 spiro atoms. The summed E-state index contributed by atoms with van der Waals surface area (Å²) in [6.07, 6.45) is 0.579. The second-order valence-corrected chi connectivity index (χ2v) is 5.63. The summed E-state index contributed by atoms with van der Waals surface area (Å²) in [5.41, 5.74) is 8.23. The molecule has 0 saturated heterocycles. The van der Waals surface area contributed by atoms with Crippen molar-refractivity contribution in [2.24, 2.45) is 5.14 Å². The molecule has 18 heavy (non-hydrogen) atoms. The van der Waals surface area contributed by atoms with Gasteiger partial charge in [0.25, 0.3) is 0 Å². The Morgan fingerprint density at radius 1 is 1.00 bits per heavy atom. The fraction of sp³-hybridized carbons (Fsp3) is 0.0769. The zero-order valence-corrected chi connectivity index (χ0v) is 10.5. The standard InChI is InChI=1S/C13H14N2O2S/c14-13-7-6-12(18(15,16)17)9-11(13)8-10-4-2-1-3-5-10/h1-7,9H,8,14H2,(H2,15,16,17). The molecule has 0 aromatic heterocycles. The van der Waals surface area contributed by atoms with Crippen LogP contribution in [0.2, 0.25) is 0 Å². The summed E-state index contributed by atoms with van der Waals surface area (Å²) in [6.45, 7) is 0. The van der Waals surface area contributed by atoms with E-state index in [1.54, 1.807) is 6.07 Å². The van der Waals surface area contributed by atoms with E-state index in [1.807, 2.05) is 30.3 Å². The molecule has 0 aliphatic rings. The number of sulfonamides is 1. The second-order valence-electron chi connectivity index (χ2n) is 4.07. The van der Waals surface area contributed by atoms with Gasteiger partial charge in [0.2, 0.25) is 10.0 Å². The van der Waals surface area contributed by atoms with Crippen LogP contribution in [-0.4, -0.2) is 8.42 Å². The van der Waals surface area contributed by atoms with E-state index in [0.717, 1.165) is 11.1 Å². The van der Waals surface area contributed by atoms with Gasteiger partial charge in [-0.05, 0) is 35.7 Å². The first kappa shape index (κ1) is 12.6. The first-order chi connectivity index (χ1) is 8.47. The number of nitrogen functional groups attached to an aromatic ring is 1. The number of hydrogen-bond donors (Lipinski definition) is 2. The SMILES string of the molecule is Nc1ccc(S(N)(=O)=O)cc1Cc1ccccc1. The van der Waals surface area contributed by atoms with Crippen LogP contribution < -0.4 is 10.9 Å². The Balaban J connectivity index is 2.39. The molecule has 0 saturated carbocycles. The highest BCUT2D eigenvalue weighted by molar-refractivity contribution is 7.89. The zero-order chi connectivity index (χ0) is 13.2. The lowest BCUT2D eigenvalue weighted by atomic mass is 10.0. The minimum atomic E-state index is -3.69. The van der Waals surface area contributed by atoms with Crippen molar-refractivity contribution in [1.29, 1.82) is 0 Å². The van der Waals surface area contributed by atoms with Gasteiger partial charge in [-0.2, -0.15) is 0 Å². The Kier molecular flexibility index (Phi) is 3.36. The van der Waals surface area contributed by atoms with Crippen LogP contribution in [-0.2, 0) is 16.4 Å². The summed E-state index contributed by atoms with van der Waals surface area (Å²) < 4.78 is 22.6. The van der Waals surface area contributed by atoms with Gasteiger partial charge < -0.3 is 5.73 Å². The summed E-state index contributed by atoms with van der Waals surface area (Å²) >= 11 is 0. The molecular formula is C13H14N2O2S. The van der Waals surface area contributed by atoms with E-state index in [2.05, 4.69) is 0 Å². The van der Waals surface area contributed by atoms with E-state index in [9.17, 15) is 8.42 Å². The van der Waals surface area contributed by atoms with Crippen molar-refractivity contribution in [1.82, 2.24) is 0 Å². The maximum absolute atomic E-state index is 11.3. The molecule has 2 aromatic carbocycles. The third-order valence-electron chi connectivity index (χ3n) is 2.68. The minimum Gasteiger partial charge on any atom is -0.398 e. The van der Waals surface area contributed by atoms with Crippen LogP contribution in [0.5, 0.6) is 0 Å². The van der Waals surface area contributed by atoms with Gasteiger partial charge >= 0.3 is 0 Å². The molecule has 0 atom stereocenters. The lowest BCUT2D eigenvalue weighted by Crippen LogP contribution is -2.13. The largest absolute Gasteiger partial charge is 0.398 e. The summed E-state index contributed by atoms with van der Waals surface area (Å²) in [6, 6.07) is 14.2. The van der Waals surface area contributed by atoms with E-state index < -0.39 is 10.0 Å². The van der Waals surface area contributed by atoms with Gasteiger partial charge in [0.05, 0.1) is 4.90 Å². The van der Waals surface area contributed by atoms with Crippen molar-refractivity contribution < 1.29 is 8.42 Å². The van der Waals surface area contributed by atoms with Gasteiger partial charge in [0, 0.05) is 5.69 Å². The second kappa shape index (κ2) is 4.80. The highest BCUT2D eigenvalue weighted by atomic mass is 32.2. The number of hydrogen-bond acceptors (Lipinski definition) is 3. The fourth-order valence-corrected chi connectivity index (χ4v) is 2.29. The molecule has 2 rings (SSSR count). The highest BCUT2D eigenvalue weighted by Gasteiger charge is 2.10. The average Bonchev–Trinajstić information content (AvgIpc) is 2.32. The molecule has 0 heterocycles. The Labute approximate surface area is 106 Å². The van der Waals surface area contributed by atoms with Gasteiger partial charge in [0.15, 0.2) is 0 Å². The Morgan fingerprint density at radius 2 is 1.67 bits per heavy atom. The van der Waals surface area contributed by atoms with Crippen LogP contribution >= 0.6 is 0 Å². The number of nitrogens with two attached hydrogens (primary N) is 2. The van der Waals surface area contributed by atoms with Crippen molar-refractivity contribution in [2.75, 3.05) is 5.73 Å². The van der Waals surface area contributed by atoms with Gasteiger partial charge in [0.1, 0.15) is 0 Å². The summed E-state index contributed by atoms with van der Waals surface area (Å²) in [5.74, 6) is 0. The lowest BCUT2D eigenvalue weighted by molar-refractivity contribution is 0.597. The topological polar surface area (TPSA) is 86.2 Å². The summed E-state index contributed by atoms with van der Waals surface area (Å²) in [4.78, 5) is 0.0858. The third-order valence-corrected chi connectivity index (χ3v) is 3.59. The van der Waals surface area contributed by atoms with Gasteiger partial charge in [-0.15, -0.1) is 0 Å². The van der Waals surface area contributed by atoms with Gasteiger partial charge in [-0.3, -0.25) is 0 Å². The van der Waals surface area contributed by atoms with E-state index in [0.29, 0.717) is 12.1 Å².